The van der Waals surface area contributed by atoms with E-state index in [2.05, 4.69) is 5.10 Å². The summed E-state index contributed by atoms with van der Waals surface area (Å²) in [5.41, 5.74) is 0.261. The van der Waals surface area contributed by atoms with Gasteiger partial charge < -0.3 is 10.0 Å². The van der Waals surface area contributed by atoms with Crippen molar-refractivity contribution in [3.8, 4) is 0 Å². The number of amides is 2. The van der Waals surface area contributed by atoms with Crippen molar-refractivity contribution in [3.05, 3.63) is 0 Å². The number of aliphatic carboxylic acids is 1. The molecule has 0 spiro atoms. The van der Waals surface area contributed by atoms with Gasteiger partial charge in [-0.3, -0.25) is 9.59 Å². The Morgan fingerprint density at radius 3 is 2.57 bits per heavy atom. The van der Waals surface area contributed by atoms with E-state index in [0.29, 0.717) is 5.75 Å². The third-order valence-electron chi connectivity index (χ3n) is 3.58. The molecule has 0 bridgehead atoms. The zero-order valence-corrected chi connectivity index (χ0v) is 13.1. The number of hydrogen-bond acceptors (Lipinski definition) is 5. The minimum Gasteiger partial charge on any atom is -0.480 e. The van der Waals surface area contributed by atoms with Gasteiger partial charge in [0.2, 0.25) is 5.91 Å². The van der Waals surface area contributed by atoms with Crippen LogP contribution in [0, 0.1) is 5.92 Å². The SMILES string of the molecule is CC(C)C1SCC(C(=O)O)N1C(=O)C1=NN(C)C(=O)CC1. The molecule has 0 aromatic heterocycles. The smallest absolute Gasteiger partial charge is 0.327 e. The van der Waals surface area contributed by atoms with Crippen molar-refractivity contribution in [2.45, 2.75) is 38.1 Å². The summed E-state index contributed by atoms with van der Waals surface area (Å²) in [5, 5.41) is 14.3. The normalized spacial score (nSPS) is 26.3. The maximum Gasteiger partial charge on any atom is 0.327 e. The highest BCUT2D eigenvalue weighted by Gasteiger charge is 2.44. The molecule has 21 heavy (non-hydrogen) atoms. The third kappa shape index (κ3) is 3.04. The van der Waals surface area contributed by atoms with Gasteiger partial charge in [0.15, 0.2) is 0 Å². The topological polar surface area (TPSA) is 90.3 Å². The highest BCUT2D eigenvalue weighted by molar-refractivity contribution is 8.00. The summed E-state index contributed by atoms with van der Waals surface area (Å²) in [6.45, 7) is 3.92. The fourth-order valence-corrected chi connectivity index (χ4v) is 3.93. The van der Waals surface area contributed by atoms with E-state index in [-0.39, 0.29) is 41.7 Å². The highest BCUT2D eigenvalue weighted by atomic mass is 32.2. The molecule has 2 amide bonds. The maximum atomic E-state index is 12.7. The number of hydrogen-bond donors (Lipinski definition) is 1. The average molecular weight is 313 g/mol. The zero-order valence-electron chi connectivity index (χ0n) is 12.3. The second kappa shape index (κ2) is 6.05. The van der Waals surface area contributed by atoms with Gasteiger partial charge in [-0.25, -0.2) is 9.80 Å². The van der Waals surface area contributed by atoms with E-state index in [1.807, 2.05) is 13.8 Å². The Bertz CT molecular complexity index is 506. The molecule has 1 N–H and O–H groups in total. The maximum absolute atomic E-state index is 12.7. The Hall–Kier alpha value is -1.57. The van der Waals surface area contributed by atoms with Crippen LogP contribution in [0.3, 0.4) is 0 Å². The number of carboxylic acids is 1. The lowest BCUT2D eigenvalue weighted by molar-refractivity contribution is -0.147. The van der Waals surface area contributed by atoms with Crippen molar-refractivity contribution < 1.29 is 19.5 Å². The Kier molecular flexibility index (Phi) is 4.55. The molecule has 2 atom stereocenters. The number of carbonyl (C=O) groups is 3. The molecule has 8 heteroatoms. The van der Waals surface area contributed by atoms with E-state index in [4.69, 9.17) is 0 Å². The Morgan fingerprint density at radius 1 is 1.38 bits per heavy atom. The lowest BCUT2D eigenvalue weighted by Crippen LogP contribution is -2.50. The van der Waals surface area contributed by atoms with Gasteiger partial charge in [-0.05, 0) is 5.92 Å². The quantitative estimate of drug-likeness (QED) is 0.824. The van der Waals surface area contributed by atoms with E-state index in [0.717, 1.165) is 5.01 Å². The van der Waals surface area contributed by atoms with Gasteiger partial charge in [0.25, 0.3) is 5.91 Å². The Labute approximate surface area is 127 Å². The molecule has 0 radical (unpaired) electrons. The number of nitrogens with zero attached hydrogens (tertiary/aromatic N) is 3. The molecule has 2 aliphatic heterocycles. The van der Waals surface area contributed by atoms with Crippen LogP contribution in [0.25, 0.3) is 0 Å². The Morgan fingerprint density at radius 2 is 2.05 bits per heavy atom. The number of rotatable bonds is 3. The standard InChI is InChI=1S/C13H19N3O4S/c1-7(2)12-16(9(6-21-12)13(19)20)11(18)8-4-5-10(17)15(3)14-8/h7,9,12H,4-6H2,1-3H3,(H,19,20). The van der Waals surface area contributed by atoms with Gasteiger partial charge in [0, 0.05) is 25.6 Å². The van der Waals surface area contributed by atoms with Gasteiger partial charge in [-0.2, -0.15) is 5.10 Å². The summed E-state index contributed by atoms with van der Waals surface area (Å²) in [4.78, 5) is 36.9. The molecule has 2 aliphatic rings. The van der Waals surface area contributed by atoms with Crippen LogP contribution in [0.15, 0.2) is 5.10 Å². The van der Waals surface area contributed by atoms with Gasteiger partial charge >= 0.3 is 5.97 Å². The van der Waals surface area contributed by atoms with Gasteiger partial charge in [-0.15, -0.1) is 11.8 Å². The number of carbonyl (C=O) groups excluding carboxylic acids is 2. The first-order valence-electron chi connectivity index (χ1n) is 6.84. The lowest BCUT2D eigenvalue weighted by Gasteiger charge is -2.31. The molecule has 2 heterocycles. The first kappa shape index (κ1) is 15.8. The number of thioether (sulfide) groups is 1. The van der Waals surface area contributed by atoms with Crippen LogP contribution in [0.5, 0.6) is 0 Å². The molecule has 7 nitrogen and oxygen atoms in total. The molecule has 0 saturated carbocycles. The fourth-order valence-electron chi connectivity index (χ4n) is 2.46. The van der Waals surface area contributed by atoms with Crippen LogP contribution in [0.4, 0.5) is 0 Å². The van der Waals surface area contributed by atoms with Crippen molar-refractivity contribution in [2.75, 3.05) is 12.8 Å². The largest absolute Gasteiger partial charge is 0.480 e. The lowest BCUT2D eigenvalue weighted by atomic mass is 10.1. The van der Waals surface area contributed by atoms with Crippen molar-refractivity contribution >= 4 is 35.3 Å². The van der Waals surface area contributed by atoms with E-state index < -0.39 is 12.0 Å². The number of carboxylic acid groups (broad SMARTS) is 1. The summed E-state index contributed by atoms with van der Waals surface area (Å²) in [7, 11) is 1.50. The van der Waals surface area contributed by atoms with E-state index in [1.165, 1.54) is 23.7 Å². The fraction of sp³-hybridized carbons (Fsp3) is 0.692. The number of hydrazone groups is 1. The molecule has 0 aromatic carbocycles. The van der Waals surface area contributed by atoms with Gasteiger partial charge in [-0.1, -0.05) is 13.8 Å². The van der Waals surface area contributed by atoms with Crippen LogP contribution in [0.2, 0.25) is 0 Å². The molecule has 2 unspecified atom stereocenters. The predicted molar refractivity (Wildman–Crippen MR) is 78.8 cm³/mol. The van der Waals surface area contributed by atoms with Crippen LogP contribution < -0.4 is 0 Å². The van der Waals surface area contributed by atoms with Crippen molar-refractivity contribution in [1.82, 2.24) is 9.91 Å². The van der Waals surface area contributed by atoms with Gasteiger partial charge in [0.05, 0.1) is 5.37 Å². The van der Waals surface area contributed by atoms with Gasteiger partial charge in [0.1, 0.15) is 11.8 Å². The summed E-state index contributed by atoms with van der Waals surface area (Å²) >= 11 is 1.48. The second-order valence-corrected chi connectivity index (χ2v) is 6.65. The van der Waals surface area contributed by atoms with Crippen molar-refractivity contribution in [2.24, 2.45) is 11.0 Å². The predicted octanol–water partition coefficient (Wildman–Crippen LogP) is 0.605. The van der Waals surface area contributed by atoms with E-state index in [9.17, 15) is 19.5 Å². The van der Waals surface area contributed by atoms with Crippen LogP contribution in [0.1, 0.15) is 26.7 Å². The minimum atomic E-state index is -1.00. The molecule has 1 fully saturated rings. The van der Waals surface area contributed by atoms with E-state index in [1.54, 1.807) is 0 Å². The van der Waals surface area contributed by atoms with Crippen LogP contribution in [-0.4, -0.2) is 62.7 Å². The first-order valence-corrected chi connectivity index (χ1v) is 7.89. The minimum absolute atomic E-state index is 0.141. The van der Waals surface area contributed by atoms with Crippen molar-refractivity contribution in [1.29, 1.82) is 0 Å². The van der Waals surface area contributed by atoms with E-state index >= 15 is 0 Å². The molecular weight excluding hydrogens is 294 g/mol. The summed E-state index contributed by atoms with van der Waals surface area (Å²) in [5.74, 6) is -0.985. The second-order valence-electron chi connectivity index (χ2n) is 5.50. The Balaban J connectivity index is 2.27. The summed E-state index contributed by atoms with van der Waals surface area (Å²) in [6, 6.07) is -0.833. The first-order chi connectivity index (χ1) is 9.82. The summed E-state index contributed by atoms with van der Waals surface area (Å²) in [6.07, 6.45) is 0.493. The molecule has 0 aliphatic carbocycles. The molecular formula is C13H19N3O4S. The zero-order chi connectivity index (χ0) is 15.7. The molecule has 116 valence electrons. The van der Waals surface area contributed by atoms with Crippen molar-refractivity contribution in [3.63, 3.8) is 0 Å². The molecule has 1 saturated heterocycles. The highest BCUT2D eigenvalue weighted by Crippen LogP contribution is 2.34. The van der Waals surface area contributed by atoms with Crippen LogP contribution in [-0.2, 0) is 14.4 Å². The molecule has 0 aromatic rings. The molecule has 2 rings (SSSR count). The third-order valence-corrected chi connectivity index (χ3v) is 5.20. The van der Waals surface area contributed by atoms with Crippen LogP contribution >= 0.6 is 11.8 Å². The monoisotopic (exact) mass is 313 g/mol. The average Bonchev–Trinajstić information content (AvgIpc) is 2.86. The summed E-state index contributed by atoms with van der Waals surface area (Å²) < 4.78 is 0.